The Labute approximate surface area is 221 Å². The van der Waals surface area contributed by atoms with E-state index in [0.717, 1.165) is 32.5 Å². The minimum atomic E-state index is -0.205. The number of halogens is 1. The van der Waals surface area contributed by atoms with E-state index in [4.69, 9.17) is 11.6 Å². The first-order chi connectivity index (χ1) is 17.6. The van der Waals surface area contributed by atoms with E-state index in [0.29, 0.717) is 28.8 Å². The number of carbonyl (C=O) groups is 1. The zero-order valence-electron chi connectivity index (χ0n) is 19.3. The van der Waals surface area contributed by atoms with Crippen LogP contribution in [0.15, 0.2) is 83.6 Å². The number of pyridine rings is 1. The second kappa shape index (κ2) is 11.0. The van der Waals surface area contributed by atoms with Crippen molar-refractivity contribution in [3.05, 3.63) is 105 Å². The van der Waals surface area contributed by atoms with Crippen LogP contribution in [0.1, 0.15) is 26.6 Å². The summed E-state index contributed by atoms with van der Waals surface area (Å²) in [5.41, 5.74) is 4.27. The predicted molar refractivity (Wildman–Crippen MR) is 144 cm³/mol. The molecule has 0 spiro atoms. The van der Waals surface area contributed by atoms with E-state index in [1.165, 1.54) is 23.1 Å². The summed E-state index contributed by atoms with van der Waals surface area (Å²) in [6.45, 7) is 2.48. The fourth-order valence-electron chi connectivity index (χ4n) is 3.59. The molecular weight excluding hydrogens is 512 g/mol. The zero-order valence-corrected chi connectivity index (χ0v) is 21.6. The Balaban J connectivity index is 1.35. The highest BCUT2D eigenvalue weighted by Gasteiger charge is 2.20. The van der Waals surface area contributed by atoms with Crippen LogP contribution in [0.25, 0.3) is 17.1 Å². The number of thiazole rings is 1. The van der Waals surface area contributed by atoms with Crippen LogP contribution < -0.4 is 5.32 Å². The fraction of sp³-hybridized carbons (Fsp3) is 0.115. The smallest absolute Gasteiger partial charge is 0.271 e. The molecule has 5 aromatic rings. The summed E-state index contributed by atoms with van der Waals surface area (Å²) in [5.74, 6) is 1.02. The molecule has 0 aliphatic heterocycles. The second-order valence-electron chi connectivity index (χ2n) is 7.86. The van der Waals surface area contributed by atoms with Crippen molar-refractivity contribution < 1.29 is 4.79 Å². The van der Waals surface area contributed by atoms with Crippen molar-refractivity contribution in [1.82, 2.24) is 30.0 Å². The molecule has 0 saturated carbocycles. The van der Waals surface area contributed by atoms with E-state index in [1.807, 2.05) is 59.2 Å². The van der Waals surface area contributed by atoms with Crippen LogP contribution in [0, 0.1) is 6.92 Å². The second-order valence-corrected chi connectivity index (χ2v) is 10.2. The summed E-state index contributed by atoms with van der Waals surface area (Å²) in [5, 5.41) is 15.8. The van der Waals surface area contributed by atoms with Crippen molar-refractivity contribution in [3.63, 3.8) is 0 Å². The Kier molecular flexibility index (Phi) is 7.41. The average molecular weight is 533 g/mol. The van der Waals surface area contributed by atoms with Gasteiger partial charge in [0.15, 0.2) is 11.0 Å². The van der Waals surface area contributed by atoms with E-state index < -0.39 is 0 Å². The maximum atomic E-state index is 12.5. The third-order valence-electron chi connectivity index (χ3n) is 5.42. The lowest BCUT2D eigenvalue weighted by atomic mass is 10.1. The third kappa shape index (κ3) is 5.33. The number of amides is 1. The van der Waals surface area contributed by atoms with Gasteiger partial charge >= 0.3 is 0 Å². The van der Waals surface area contributed by atoms with Gasteiger partial charge in [-0.3, -0.25) is 14.3 Å². The molecule has 0 aliphatic rings. The minimum Gasteiger partial charge on any atom is -0.347 e. The number of rotatable bonds is 8. The molecule has 0 unspecified atom stereocenters. The highest BCUT2D eigenvalue weighted by Crippen LogP contribution is 2.34. The van der Waals surface area contributed by atoms with Crippen LogP contribution in [0.3, 0.4) is 0 Å². The van der Waals surface area contributed by atoms with Gasteiger partial charge in [0.05, 0.1) is 16.5 Å². The van der Waals surface area contributed by atoms with Crippen molar-refractivity contribution in [2.75, 3.05) is 0 Å². The number of nitrogens with one attached hydrogen (secondary N) is 1. The molecule has 0 radical (unpaired) electrons. The maximum Gasteiger partial charge on any atom is 0.271 e. The SMILES string of the molecule is Cc1ccccc1-n1c(SCc2nc(C(=O)NCc3ccncc3)cs2)nnc1-c1ccccc1Cl. The Morgan fingerprint density at radius 3 is 2.64 bits per heavy atom. The van der Waals surface area contributed by atoms with Gasteiger partial charge < -0.3 is 5.32 Å². The van der Waals surface area contributed by atoms with Crippen molar-refractivity contribution in [1.29, 1.82) is 0 Å². The average Bonchev–Trinajstić information content (AvgIpc) is 3.55. The molecule has 0 atom stereocenters. The van der Waals surface area contributed by atoms with Crippen molar-refractivity contribution >= 4 is 40.6 Å². The first-order valence-electron chi connectivity index (χ1n) is 11.1. The topological polar surface area (TPSA) is 85.6 Å². The number of hydrogen-bond acceptors (Lipinski definition) is 7. The van der Waals surface area contributed by atoms with Gasteiger partial charge in [-0.05, 0) is 48.4 Å². The zero-order chi connectivity index (χ0) is 24.9. The van der Waals surface area contributed by atoms with Crippen LogP contribution in [0.4, 0.5) is 0 Å². The van der Waals surface area contributed by atoms with E-state index in [2.05, 4.69) is 38.5 Å². The van der Waals surface area contributed by atoms with Crippen molar-refractivity contribution in [2.24, 2.45) is 0 Å². The maximum absolute atomic E-state index is 12.5. The van der Waals surface area contributed by atoms with Crippen LogP contribution in [0.2, 0.25) is 5.02 Å². The quantitative estimate of drug-likeness (QED) is 0.248. The summed E-state index contributed by atoms with van der Waals surface area (Å²) >= 11 is 9.46. The van der Waals surface area contributed by atoms with Gasteiger partial charge in [-0.25, -0.2) is 4.98 Å². The molecular formula is C26H21ClN6OS2. The summed E-state index contributed by atoms with van der Waals surface area (Å²) < 4.78 is 2.02. The Morgan fingerprint density at radius 2 is 1.83 bits per heavy atom. The lowest BCUT2D eigenvalue weighted by Crippen LogP contribution is -2.23. The van der Waals surface area contributed by atoms with Crippen molar-refractivity contribution in [3.8, 4) is 17.1 Å². The molecule has 3 aromatic heterocycles. The Hall–Kier alpha value is -3.53. The highest BCUT2D eigenvalue weighted by molar-refractivity contribution is 7.98. The van der Waals surface area contributed by atoms with Gasteiger partial charge in [0, 0.05) is 29.9 Å². The van der Waals surface area contributed by atoms with E-state index in [1.54, 1.807) is 17.8 Å². The minimum absolute atomic E-state index is 0.205. The lowest BCUT2D eigenvalue weighted by Gasteiger charge is -2.13. The number of para-hydroxylation sites is 1. The third-order valence-corrected chi connectivity index (χ3v) is 7.72. The molecule has 36 heavy (non-hydrogen) atoms. The van der Waals surface area contributed by atoms with Gasteiger partial charge in [-0.15, -0.1) is 21.5 Å². The fourth-order valence-corrected chi connectivity index (χ4v) is 5.55. The molecule has 5 rings (SSSR count). The van der Waals surface area contributed by atoms with Gasteiger partial charge in [0.2, 0.25) is 0 Å². The first kappa shape index (κ1) is 24.2. The molecule has 1 N–H and O–H groups in total. The highest BCUT2D eigenvalue weighted by atomic mass is 35.5. The van der Waals surface area contributed by atoms with Gasteiger partial charge in [0.1, 0.15) is 10.7 Å². The number of aryl methyl sites for hydroxylation is 1. The molecule has 1 amide bonds. The van der Waals surface area contributed by atoms with Crippen molar-refractivity contribution in [2.45, 2.75) is 24.4 Å². The van der Waals surface area contributed by atoms with E-state index in [9.17, 15) is 4.79 Å². The number of carbonyl (C=O) groups excluding carboxylic acids is 1. The van der Waals surface area contributed by atoms with Crippen LogP contribution in [0.5, 0.6) is 0 Å². The van der Waals surface area contributed by atoms with Gasteiger partial charge in [-0.1, -0.05) is 53.7 Å². The largest absolute Gasteiger partial charge is 0.347 e. The number of nitrogens with zero attached hydrogens (tertiary/aromatic N) is 5. The standard InChI is InChI=1S/C26H21ClN6OS2/c1-17-6-2-5-9-22(17)33-24(19-7-3-4-8-20(19)27)31-32-26(33)36-16-23-30-21(15-35-23)25(34)29-14-18-10-12-28-13-11-18/h2-13,15H,14,16H2,1H3,(H,29,34). The predicted octanol–water partition coefficient (Wildman–Crippen LogP) is 5.97. The van der Waals surface area contributed by atoms with Gasteiger partial charge in [0.25, 0.3) is 5.91 Å². The molecule has 0 saturated heterocycles. The van der Waals surface area contributed by atoms with Gasteiger partial charge in [-0.2, -0.15) is 0 Å². The van der Waals surface area contributed by atoms with Crippen LogP contribution >= 0.6 is 34.7 Å². The Bertz CT molecular complexity index is 1500. The number of hydrogen-bond donors (Lipinski definition) is 1. The first-order valence-corrected chi connectivity index (χ1v) is 13.3. The number of thioether (sulfide) groups is 1. The summed E-state index contributed by atoms with van der Waals surface area (Å²) in [6.07, 6.45) is 3.40. The molecule has 10 heteroatoms. The summed E-state index contributed by atoms with van der Waals surface area (Å²) in [6, 6.07) is 19.4. The molecule has 180 valence electrons. The van der Waals surface area contributed by atoms with Crippen LogP contribution in [-0.2, 0) is 12.3 Å². The number of benzene rings is 2. The number of aromatic nitrogens is 5. The molecule has 0 bridgehead atoms. The van der Waals surface area contributed by atoms with E-state index in [-0.39, 0.29) is 5.91 Å². The summed E-state index contributed by atoms with van der Waals surface area (Å²) in [7, 11) is 0. The van der Waals surface area contributed by atoms with Crippen LogP contribution in [-0.4, -0.2) is 30.6 Å². The van der Waals surface area contributed by atoms with E-state index >= 15 is 0 Å². The molecule has 7 nitrogen and oxygen atoms in total. The molecule has 0 aliphatic carbocycles. The monoisotopic (exact) mass is 532 g/mol. The molecule has 2 aromatic carbocycles. The normalized spacial score (nSPS) is 10.9. The molecule has 3 heterocycles. The Morgan fingerprint density at radius 1 is 1.06 bits per heavy atom. The molecule has 0 fully saturated rings. The summed E-state index contributed by atoms with van der Waals surface area (Å²) in [4.78, 5) is 21.1. The lowest BCUT2D eigenvalue weighted by molar-refractivity contribution is 0.0946.